The second-order valence-electron chi connectivity index (χ2n) is 4.77. The van der Waals surface area contributed by atoms with Gasteiger partial charge in [-0.3, -0.25) is 0 Å². The summed E-state index contributed by atoms with van der Waals surface area (Å²) >= 11 is 3.50. The molecule has 0 saturated heterocycles. The number of ether oxygens (including phenoxy) is 1. The predicted molar refractivity (Wildman–Crippen MR) is 64.4 cm³/mol. The molecule has 1 spiro atoms. The van der Waals surface area contributed by atoms with Gasteiger partial charge >= 0.3 is 0 Å². The normalized spacial score (nSPS) is 22.5. The summed E-state index contributed by atoms with van der Waals surface area (Å²) in [5, 5.41) is 0. The van der Waals surface area contributed by atoms with E-state index in [9.17, 15) is 0 Å². The second kappa shape index (κ2) is 3.51. The van der Waals surface area contributed by atoms with E-state index in [2.05, 4.69) is 34.1 Å². The molecule has 0 amide bonds. The summed E-state index contributed by atoms with van der Waals surface area (Å²) in [5.41, 5.74) is 1.80. The third kappa shape index (κ3) is 1.50. The first-order chi connectivity index (χ1) is 7.30. The van der Waals surface area contributed by atoms with Crippen LogP contribution in [0.25, 0.3) is 0 Å². The van der Waals surface area contributed by atoms with Crippen LogP contribution in [-0.2, 0) is 5.41 Å². The number of hydrogen-bond donors (Lipinski definition) is 0. The standard InChI is InChI=1S/C13H15BrO/c14-10-4-5-11-12(8-10)15-9-13(11)6-2-1-3-7-13/h4-5,8H,1-3,6-7,9H2. The summed E-state index contributed by atoms with van der Waals surface area (Å²) < 4.78 is 6.96. The predicted octanol–water partition coefficient (Wildman–Crippen LogP) is 4.04. The highest BCUT2D eigenvalue weighted by Crippen LogP contribution is 2.48. The second-order valence-corrected chi connectivity index (χ2v) is 5.69. The Kier molecular flexibility index (Phi) is 2.27. The minimum Gasteiger partial charge on any atom is -0.492 e. The van der Waals surface area contributed by atoms with E-state index in [4.69, 9.17) is 4.74 Å². The molecule has 1 aromatic carbocycles. The van der Waals surface area contributed by atoms with Crippen LogP contribution in [-0.4, -0.2) is 6.61 Å². The van der Waals surface area contributed by atoms with E-state index < -0.39 is 0 Å². The molecule has 1 aliphatic carbocycles. The van der Waals surface area contributed by atoms with Gasteiger partial charge in [-0.1, -0.05) is 41.3 Å². The fraction of sp³-hybridized carbons (Fsp3) is 0.538. The lowest BCUT2D eigenvalue weighted by Crippen LogP contribution is -2.30. The maximum atomic E-state index is 5.84. The molecule has 1 nitrogen and oxygen atoms in total. The zero-order chi connectivity index (χ0) is 10.3. The van der Waals surface area contributed by atoms with Gasteiger partial charge in [0.2, 0.25) is 0 Å². The molecule has 15 heavy (non-hydrogen) atoms. The molecule has 2 aliphatic rings. The van der Waals surface area contributed by atoms with E-state index in [0.717, 1.165) is 16.8 Å². The molecule has 0 unspecified atom stereocenters. The van der Waals surface area contributed by atoms with E-state index in [1.807, 2.05) is 0 Å². The van der Waals surface area contributed by atoms with Crippen LogP contribution < -0.4 is 4.74 Å². The van der Waals surface area contributed by atoms with Crippen molar-refractivity contribution in [2.24, 2.45) is 0 Å². The molecule has 0 bridgehead atoms. The average molecular weight is 267 g/mol. The molecule has 80 valence electrons. The minimum absolute atomic E-state index is 0.355. The van der Waals surface area contributed by atoms with Gasteiger partial charge in [0.1, 0.15) is 5.75 Å². The molecular formula is C13H15BrO. The molecule has 0 radical (unpaired) electrons. The zero-order valence-electron chi connectivity index (χ0n) is 8.76. The highest BCUT2D eigenvalue weighted by atomic mass is 79.9. The lowest BCUT2D eigenvalue weighted by molar-refractivity contribution is 0.212. The van der Waals surface area contributed by atoms with Crippen molar-refractivity contribution in [1.82, 2.24) is 0 Å². The summed E-state index contributed by atoms with van der Waals surface area (Å²) in [4.78, 5) is 0. The van der Waals surface area contributed by atoms with Crippen molar-refractivity contribution in [3.8, 4) is 5.75 Å². The summed E-state index contributed by atoms with van der Waals surface area (Å²) in [6, 6.07) is 6.50. The number of hydrogen-bond acceptors (Lipinski definition) is 1. The van der Waals surface area contributed by atoms with E-state index in [-0.39, 0.29) is 0 Å². The first-order valence-electron chi connectivity index (χ1n) is 5.73. The molecule has 3 rings (SSSR count). The van der Waals surface area contributed by atoms with E-state index >= 15 is 0 Å². The van der Waals surface area contributed by atoms with Gasteiger partial charge in [0.25, 0.3) is 0 Å². The minimum atomic E-state index is 0.355. The van der Waals surface area contributed by atoms with Crippen LogP contribution >= 0.6 is 15.9 Å². The third-order valence-electron chi connectivity index (χ3n) is 3.83. The zero-order valence-corrected chi connectivity index (χ0v) is 10.3. The maximum absolute atomic E-state index is 5.84. The molecule has 1 fully saturated rings. The highest BCUT2D eigenvalue weighted by Gasteiger charge is 2.41. The van der Waals surface area contributed by atoms with Crippen LogP contribution in [0.4, 0.5) is 0 Å². The van der Waals surface area contributed by atoms with Crippen molar-refractivity contribution in [1.29, 1.82) is 0 Å². The average Bonchev–Trinajstić information content (AvgIpc) is 2.58. The fourth-order valence-electron chi connectivity index (χ4n) is 2.99. The Balaban J connectivity index is 2.03. The number of rotatable bonds is 0. The Morgan fingerprint density at radius 3 is 2.73 bits per heavy atom. The summed E-state index contributed by atoms with van der Waals surface area (Å²) in [6.45, 7) is 0.902. The molecular weight excluding hydrogens is 252 g/mol. The van der Waals surface area contributed by atoms with Crippen LogP contribution in [0.3, 0.4) is 0 Å². The first kappa shape index (κ1) is 9.71. The summed E-state index contributed by atoms with van der Waals surface area (Å²) in [6.07, 6.45) is 6.73. The largest absolute Gasteiger partial charge is 0.492 e. The lowest BCUT2D eigenvalue weighted by atomic mass is 9.71. The van der Waals surface area contributed by atoms with E-state index in [1.54, 1.807) is 0 Å². The van der Waals surface area contributed by atoms with Crippen LogP contribution in [0, 0.1) is 0 Å². The molecule has 0 N–H and O–H groups in total. The van der Waals surface area contributed by atoms with Gasteiger partial charge in [0.05, 0.1) is 6.61 Å². The van der Waals surface area contributed by atoms with Gasteiger partial charge in [0.15, 0.2) is 0 Å². The monoisotopic (exact) mass is 266 g/mol. The maximum Gasteiger partial charge on any atom is 0.124 e. The first-order valence-corrected chi connectivity index (χ1v) is 6.52. The Morgan fingerprint density at radius 1 is 1.13 bits per heavy atom. The Hall–Kier alpha value is -0.500. The molecule has 0 atom stereocenters. The van der Waals surface area contributed by atoms with Crippen molar-refractivity contribution in [3.63, 3.8) is 0 Å². The van der Waals surface area contributed by atoms with Crippen molar-refractivity contribution in [3.05, 3.63) is 28.2 Å². The molecule has 1 saturated carbocycles. The van der Waals surface area contributed by atoms with Crippen LogP contribution in [0.1, 0.15) is 37.7 Å². The van der Waals surface area contributed by atoms with Crippen LogP contribution in [0.2, 0.25) is 0 Å². The van der Waals surface area contributed by atoms with Crippen molar-refractivity contribution >= 4 is 15.9 Å². The quantitative estimate of drug-likeness (QED) is 0.689. The summed E-state index contributed by atoms with van der Waals surface area (Å²) in [7, 11) is 0. The number of halogens is 1. The van der Waals surface area contributed by atoms with Gasteiger partial charge in [-0.05, 0) is 25.0 Å². The summed E-state index contributed by atoms with van der Waals surface area (Å²) in [5.74, 6) is 1.10. The van der Waals surface area contributed by atoms with Gasteiger partial charge in [-0.25, -0.2) is 0 Å². The van der Waals surface area contributed by atoms with Crippen molar-refractivity contribution in [2.45, 2.75) is 37.5 Å². The van der Waals surface area contributed by atoms with Gasteiger partial charge in [0, 0.05) is 15.5 Å². The van der Waals surface area contributed by atoms with Gasteiger partial charge in [-0.15, -0.1) is 0 Å². The topological polar surface area (TPSA) is 9.23 Å². The van der Waals surface area contributed by atoms with Crippen LogP contribution in [0.5, 0.6) is 5.75 Å². The molecule has 1 aromatic rings. The fourth-order valence-corrected chi connectivity index (χ4v) is 3.33. The smallest absolute Gasteiger partial charge is 0.124 e. The van der Waals surface area contributed by atoms with E-state index in [1.165, 1.54) is 37.7 Å². The van der Waals surface area contributed by atoms with Crippen molar-refractivity contribution in [2.75, 3.05) is 6.61 Å². The molecule has 0 aromatic heterocycles. The SMILES string of the molecule is Brc1ccc2c(c1)OCC21CCCCC1. The number of benzene rings is 1. The molecule has 1 heterocycles. The molecule has 2 heteroatoms. The highest BCUT2D eigenvalue weighted by molar-refractivity contribution is 9.10. The van der Waals surface area contributed by atoms with E-state index in [0.29, 0.717) is 5.41 Å². The molecule has 1 aliphatic heterocycles. The Labute approximate surface area is 99.0 Å². The third-order valence-corrected chi connectivity index (χ3v) is 4.32. The Bertz CT molecular complexity index is 380. The Morgan fingerprint density at radius 2 is 1.93 bits per heavy atom. The van der Waals surface area contributed by atoms with Crippen molar-refractivity contribution < 1.29 is 4.74 Å². The lowest BCUT2D eigenvalue weighted by Gasteiger charge is -2.32. The van der Waals surface area contributed by atoms with Gasteiger partial charge < -0.3 is 4.74 Å². The number of fused-ring (bicyclic) bond motifs is 2. The van der Waals surface area contributed by atoms with Gasteiger partial charge in [-0.2, -0.15) is 0 Å². The van der Waals surface area contributed by atoms with Crippen LogP contribution in [0.15, 0.2) is 22.7 Å².